The number of amides is 12. The number of carbonyl (C=O) groups excluding carboxylic acids is 12. The summed E-state index contributed by atoms with van der Waals surface area (Å²) < 4.78 is 11.7. The van der Waals surface area contributed by atoms with Crippen LogP contribution in [0, 0.1) is 23.7 Å². The molecule has 89 heavy (non-hydrogen) atoms. The van der Waals surface area contributed by atoms with Crippen molar-refractivity contribution in [3.8, 4) is 0 Å². The summed E-state index contributed by atoms with van der Waals surface area (Å²) in [6.45, 7) is 14.9. The molecule has 2 saturated heterocycles. The quantitative estimate of drug-likeness (QED) is 0.0375. The predicted octanol–water partition coefficient (Wildman–Crippen LogP) is 4.23. The zero-order chi connectivity index (χ0) is 66.1. The number of hydrogen-bond donors (Lipinski definition) is 7. The summed E-state index contributed by atoms with van der Waals surface area (Å²) in [6, 6.07) is 11.4. The van der Waals surface area contributed by atoms with Crippen LogP contribution >= 0.6 is 0 Å². The maximum Gasteiger partial charge on any atom is 0.410 e. The second-order valence-electron chi connectivity index (χ2n) is 23.9. The van der Waals surface area contributed by atoms with Gasteiger partial charge in [-0.3, -0.25) is 48.1 Å². The fraction of sp³-hybridized carbons (Fsp3) is 0.619. The van der Waals surface area contributed by atoms with Crippen LogP contribution in [0.2, 0.25) is 0 Å². The van der Waals surface area contributed by atoms with E-state index in [1.54, 1.807) is 50.1 Å². The highest BCUT2D eigenvalue weighted by Crippen LogP contribution is 2.29. The smallest absolute Gasteiger partial charge is 0.410 e. The number of hydrogen-bond acceptors (Lipinski definition) is 15. The number of nitrogens with zero attached hydrogens (tertiary/aromatic N) is 4. The van der Waals surface area contributed by atoms with Gasteiger partial charge in [0.15, 0.2) is 0 Å². The molecule has 26 nitrogen and oxygen atoms in total. The number of likely N-dealkylation sites (tertiary alicyclic amines) is 1. The first kappa shape index (κ1) is 73.3. The Balaban J connectivity index is 1.32. The first-order chi connectivity index (χ1) is 42.1. The van der Waals surface area contributed by atoms with Crippen LogP contribution < -0.4 is 37.6 Å². The summed E-state index contributed by atoms with van der Waals surface area (Å²) in [5.41, 5.74) is 7.13. The minimum atomic E-state index is -1.14. The van der Waals surface area contributed by atoms with E-state index in [1.165, 1.54) is 19.1 Å². The molecule has 0 spiro atoms. The molecule has 8 N–H and O–H groups in total. The van der Waals surface area contributed by atoms with Crippen LogP contribution in [-0.4, -0.2) is 174 Å². The average Bonchev–Trinajstić information content (AvgIpc) is 4.11. The van der Waals surface area contributed by atoms with Gasteiger partial charge in [0.1, 0.15) is 24.7 Å². The largest absolute Gasteiger partial charge is 0.445 e. The molecule has 2 aliphatic heterocycles. The van der Waals surface area contributed by atoms with E-state index in [1.807, 2.05) is 76.8 Å². The fourth-order valence-corrected chi connectivity index (χ4v) is 11.0. The van der Waals surface area contributed by atoms with E-state index >= 15 is 0 Å². The Bertz CT molecular complexity index is 2730. The lowest BCUT2D eigenvalue weighted by Crippen LogP contribution is -2.60. The molecule has 0 aromatic heterocycles. The maximum atomic E-state index is 14.7. The van der Waals surface area contributed by atoms with Gasteiger partial charge in [0.25, 0.3) is 11.8 Å². The first-order valence-corrected chi connectivity index (χ1v) is 30.8. The number of likely N-dealkylation sites (N-methyl/N-ethyl adjacent to an activating group) is 2. The van der Waals surface area contributed by atoms with E-state index in [0.717, 1.165) is 18.4 Å². The summed E-state index contributed by atoms with van der Waals surface area (Å²) in [7, 11) is 4.61. The maximum absolute atomic E-state index is 14.7. The van der Waals surface area contributed by atoms with E-state index < -0.39 is 108 Å². The monoisotopic (exact) mass is 1250 g/mol. The van der Waals surface area contributed by atoms with E-state index in [0.29, 0.717) is 42.1 Å². The van der Waals surface area contributed by atoms with Gasteiger partial charge >= 0.3 is 18.1 Å². The lowest BCUT2D eigenvalue weighted by Gasteiger charge is -2.40. The lowest BCUT2D eigenvalue weighted by atomic mass is 9.89. The van der Waals surface area contributed by atoms with Crippen LogP contribution in [0.5, 0.6) is 0 Å². The molecule has 9 atom stereocenters. The van der Waals surface area contributed by atoms with Crippen LogP contribution in [-0.2, 0) is 75.3 Å². The molecule has 0 aliphatic carbocycles. The molecule has 2 aliphatic rings. The van der Waals surface area contributed by atoms with Gasteiger partial charge in [0.2, 0.25) is 41.4 Å². The molecule has 0 saturated carbocycles. The molecule has 492 valence electrons. The van der Waals surface area contributed by atoms with Gasteiger partial charge in [0, 0.05) is 83.7 Å². The van der Waals surface area contributed by atoms with E-state index in [-0.39, 0.29) is 100 Å². The van der Waals surface area contributed by atoms with Crippen LogP contribution in [0.4, 0.5) is 15.3 Å². The third-order valence-corrected chi connectivity index (χ3v) is 16.1. The van der Waals surface area contributed by atoms with Crippen molar-refractivity contribution in [1.29, 1.82) is 0 Å². The lowest BCUT2D eigenvalue weighted by molar-refractivity contribution is -0.197. The minimum absolute atomic E-state index is 0.00440. The topological polar surface area (TPSA) is 344 Å². The molecule has 0 bridgehead atoms. The number of hydroxylamine groups is 2. The highest BCUT2D eigenvalue weighted by atomic mass is 16.7. The van der Waals surface area contributed by atoms with Crippen molar-refractivity contribution in [3.63, 3.8) is 0 Å². The molecule has 2 aromatic rings. The van der Waals surface area contributed by atoms with Crippen molar-refractivity contribution in [2.75, 3.05) is 46.2 Å². The fourth-order valence-electron chi connectivity index (χ4n) is 11.0. The number of rotatable bonds is 35. The Morgan fingerprint density at radius 3 is 2.01 bits per heavy atom. The number of primary amides is 1. The third-order valence-electron chi connectivity index (χ3n) is 16.1. The Kier molecular flexibility index (Phi) is 29.9. The number of nitrogens with two attached hydrogens (primary N) is 1. The van der Waals surface area contributed by atoms with Crippen LogP contribution in [0.3, 0.4) is 0 Å². The van der Waals surface area contributed by atoms with Crippen LogP contribution in [0.25, 0.3) is 0 Å². The summed E-state index contributed by atoms with van der Waals surface area (Å²) in [5, 5.41) is 16.6. The van der Waals surface area contributed by atoms with E-state index in [9.17, 15) is 57.5 Å². The van der Waals surface area contributed by atoms with Gasteiger partial charge in [-0.1, -0.05) is 97.4 Å². The molecular formula is C63H95N11O15. The van der Waals surface area contributed by atoms with Gasteiger partial charge in [-0.2, -0.15) is 0 Å². The molecule has 0 radical (unpaired) electrons. The van der Waals surface area contributed by atoms with E-state index in [4.69, 9.17) is 20.0 Å². The van der Waals surface area contributed by atoms with Crippen molar-refractivity contribution >= 4 is 76.9 Å². The van der Waals surface area contributed by atoms with Crippen molar-refractivity contribution in [2.45, 2.75) is 188 Å². The molecule has 0 unspecified atom stereocenters. The summed E-state index contributed by atoms with van der Waals surface area (Å²) in [5.74, 6) is -6.55. The minimum Gasteiger partial charge on any atom is -0.445 e. The summed E-state index contributed by atoms with van der Waals surface area (Å²) >= 11 is 0. The number of methoxy groups -OCH3 is 1. The van der Waals surface area contributed by atoms with Crippen molar-refractivity contribution in [3.05, 3.63) is 65.7 Å². The SMILES string of the molecule is CC[C@H](C)[C@@H]([C@@H](CC(=O)N1CCC[C@H]1C[C@@H](C)C(=O)N[C@H](C)Cc1ccccc1)OC)N(C)C(=O)[C@@H](NC(=O)[C@H](C(C)C)N(C)C(=O)OCc1ccc(NC(=O)[C@H](CCCNC(N)=O)NC(=O)CNC(=O)CCCC(=O)ON2C(=O)CCC2=O)cc1)C(C)C. The molecule has 2 heterocycles. The van der Waals surface area contributed by atoms with E-state index in [2.05, 4.69) is 31.9 Å². The van der Waals surface area contributed by atoms with Gasteiger partial charge in [-0.05, 0) is 92.9 Å². The summed E-state index contributed by atoms with van der Waals surface area (Å²) in [4.78, 5) is 165. The highest BCUT2D eigenvalue weighted by Gasteiger charge is 2.42. The molecular weight excluding hydrogens is 1150 g/mol. The standard InChI is InChI=1S/C63H95N11O15/c1-12-40(6)57(48(87-11)35-53(79)73-32-18-21-46(73)33-41(7)58(81)67-42(8)34-43-19-14-13-15-20-43)71(9)61(84)55(38(2)3)70-60(83)56(39(4)5)72(10)63(86)88-37-44-25-27-45(28-26-44)68-59(82)47(22-17-31-65-62(64)85)69-50(76)36-66-49(75)23-16-24-54(80)89-74-51(77)29-30-52(74)78/h13-15,19-20,25-28,38-42,46-48,55-57H,12,16-18,21-24,29-37H2,1-11H3,(H,66,75)(H,67,81)(H,68,82)(H,69,76)(H,70,83)(H3,64,65,85)/t40-,41+,42+,46-,47-,48+,55-,56-,57-/m0/s1. The molecule has 4 rings (SSSR count). The second-order valence-corrected chi connectivity index (χ2v) is 23.9. The zero-order valence-electron chi connectivity index (χ0n) is 53.6. The molecule has 2 aromatic carbocycles. The van der Waals surface area contributed by atoms with Crippen LogP contribution in [0.15, 0.2) is 54.6 Å². The highest BCUT2D eigenvalue weighted by molar-refractivity contribution is 6.02. The van der Waals surface area contributed by atoms with Gasteiger partial charge in [0.05, 0.1) is 25.1 Å². The molecule has 2 fully saturated rings. The first-order valence-electron chi connectivity index (χ1n) is 30.8. The number of ether oxygens (including phenoxy) is 2. The second kappa shape index (κ2) is 36.4. The Hall–Kier alpha value is -8.16. The number of benzene rings is 2. The van der Waals surface area contributed by atoms with Crippen molar-refractivity contribution in [1.82, 2.24) is 46.3 Å². The number of carbonyl (C=O) groups is 12. The Labute approximate surface area is 522 Å². The zero-order valence-corrected chi connectivity index (χ0v) is 53.6. The summed E-state index contributed by atoms with van der Waals surface area (Å²) in [6.07, 6.45) is 1.57. The number of anilines is 1. The predicted molar refractivity (Wildman–Crippen MR) is 329 cm³/mol. The Morgan fingerprint density at radius 1 is 0.742 bits per heavy atom. The van der Waals surface area contributed by atoms with Gasteiger partial charge in [-0.15, -0.1) is 5.06 Å². The third kappa shape index (κ3) is 23.4. The van der Waals surface area contributed by atoms with Crippen molar-refractivity contribution < 1.29 is 71.8 Å². The number of urea groups is 1. The molecule has 26 heteroatoms. The van der Waals surface area contributed by atoms with Gasteiger partial charge < -0.3 is 61.7 Å². The van der Waals surface area contributed by atoms with Crippen molar-refractivity contribution in [2.24, 2.45) is 29.4 Å². The number of imide groups is 1. The molecule has 12 amide bonds. The van der Waals surface area contributed by atoms with Crippen LogP contribution in [0.1, 0.15) is 144 Å². The average molecular weight is 1250 g/mol. The number of nitrogens with one attached hydrogen (secondary N) is 6. The normalized spacial score (nSPS) is 16.6. The van der Waals surface area contributed by atoms with Gasteiger partial charge in [-0.25, -0.2) is 14.4 Å². The Morgan fingerprint density at radius 2 is 1.40 bits per heavy atom.